The molecule has 0 saturated carbocycles. The zero-order chi connectivity index (χ0) is 13.8. The Hall–Kier alpha value is -1.10. The van der Waals surface area contributed by atoms with Crippen molar-refractivity contribution in [2.45, 2.75) is 13.2 Å². The maximum Gasteiger partial charge on any atom is 0.131 e. The molecule has 1 N–H and O–H groups in total. The molecule has 0 spiro atoms. The molecule has 0 radical (unpaired) electrons. The molecule has 0 unspecified atom stereocenters. The Labute approximate surface area is 123 Å². The van der Waals surface area contributed by atoms with Crippen LogP contribution in [0.2, 0.25) is 5.02 Å². The van der Waals surface area contributed by atoms with E-state index in [-0.39, 0.29) is 13.2 Å². The Morgan fingerprint density at radius 1 is 1.16 bits per heavy atom. The largest absolute Gasteiger partial charge is 0.489 e. The van der Waals surface area contributed by atoms with E-state index >= 15 is 0 Å². The van der Waals surface area contributed by atoms with Crippen molar-refractivity contribution in [2.24, 2.45) is 0 Å². The molecule has 0 bridgehead atoms. The third-order valence-electron chi connectivity index (χ3n) is 2.60. The van der Waals surface area contributed by atoms with Crippen molar-refractivity contribution in [1.29, 1.82) is 0 Å². The second kappa shape index (κ2) is 6.37. The summed E-state index contributed by atoms with van der Waals surface area (Å²) in [6, 6.07) is 9.68. The first-order chi connectivity index (χ1) is 9.10. The summed E-state index contributed by atoms with van der Waals surface area (Å²) in [5.41, 5.74) is 1.15. The molecule has 0 amide bonds. The quantitative estimate of drug-likeness (QED) is 0.894. The van der Waals surface area contributed by atoms with E-state index in [2.05, 4.69) is 15.9 Å². The topological polar surface area (TPSA) is 29.5 Å². The first kappa shape index (κ1) is 14.3. The lowest BCUT2D eigenvalue weighted by Crippen LogP contribution is -1.99. The minimum Gasteiger partial charge on any atom is -0.489 e. The molecule has 0 atom stereocenters. The van der Waals surface area contributed by atoms with Crippen LogP contribution in [0.15, 0.2) is 40.9 Å². The zero-order valence-corrected chi connectivity index (χ0v) is 12.2. The van der Waals surface area contributed by atoms with Gasteiger partial charge in [0, 0.05) is 15.1 Å². The van der Waals surface area contributed by atoms with Crippen LogP contribution in [-0.2, 0) is 13.2 Å². The number of benzene rings is 2. The summed E-state index contributed by atoms with van der Waals surface area (Å²) in [6.45, 7) is 0.0165. The molecule has 5 heteroatoms. The van der Waals surface area contributed by atoms with E-state index < -0.39 is 5.82 Å². The predicted octanol–water partition coefficient (Wildman–Crippen LogP) is 4.31. The highest BCUT2D eigenvalue weighted by molar-refractivity contribution is 9.10. The maximum atomic E-state index is 13.6. The van der Waals surface area contributed by atoms with E-state index in [1.807, 2.05) is 0 Å². The van der Waals surface area contributed by atoms with Crippen LogP contribution < -0.4 is 4.74 Å². The second-order valence-electron chi connectivity index (χ2n) is 3.94. The fourth-order valence-electron chi connectivity index (χ4n) is 1.56. The molecule has 19 heavy (non-hydrogen) atoms. The van der Waals surface area contributed by atoms with E-state index in [1.165, 1.54) is 6.07 Å². The zero-order valence-electron chi connectivity index (χ0n) is 9.87. The van der Waals surface area contributed by atoms with Gasteiger partial charge >= 0.3 is 0 Å². The maximum absolute atomic E-state index is 13.6. The van der Waals surface area contributed by atoms with Crippen LogP contribution in [0.4, 0.5) is 4.39 Å². The SMILES string of the molecule is OCc1cc(OCc2ccc(Cl)cc2F)ccc1Br. The summed E-state index contributed by atoms with van der Waals surface area (Å²) in [4.78, 5) is 0. The molecule has 0 aliphatic heterocycles. The van der Waals surface area contributed by atoms with Crippen LogP contribution in [0.3, 0.4) is 0 Å². The Morgan fingerprint density at radius 2 is 1.95 bits per heavy atom. The van der Waals surface area contributed by atoms with E-state index in [0.717, 1.165) is 4.47 Å². The number of aliphatic hydroxyl groups is 1. The lowest BCUT2D eigenvalue weighted by atomic mass is 10.2. The van der Waals surface area contributed by atoms with Gasteiger partial charge in [-0.05, 0) is 35.9 Å². The fourth-order valence-corrected chi connectivity index (χ4v) is 2.09. The Bertz CT molecular complexity index is 590. The van der Waals surface area contributed by atoms with Gasteiger partial charge in [-0.3, -0.25) is 0 Å². The van der Waals surface area contributed by atoms with Crippen LogP contribution in [0.5, 0.6) is 5.75 Å². The minimum absolute atomic E-state index is 0.0902. The molecular formula is C14H11BrClFO2. The van der Waals surface area contributed by atoms with Gasteiger partial charge < -0.3 is 9.84 Å². The van der Waals surface area contributed by atoms with Gasteiger partial charge in [-0.2, -0.15) is 0 Å². The van der Waals surface area contributed by atoms with Crippen LogP contribution >= 0.6 is 27.5 Å². The summed E-state index contributed by atoms with van der Waals surface area (Å²) < 4.78 is 19.9. The van der Waals surface area contributed by atoms with Crippen molar-refractivity contribution >= 4 is 27.5 Å². The van der Waals surface area contributed by atoms with Gasteiger partial charge in [0.05, 0.1) is 6.61 Å². The third-order valence-corrected chi connectivity index (χ3v) is 3.61. The molecule has 2 rings (SSSR count). The van der Waals surface area contributed by atoms with Crippen LogP contribution in [0, 0.1) is 5.82 Å². The molecule has 2 nitrogen and oxygen atoms in total. The summed E-state index contributed by atoms with van der Waals surface area (Å²) in [7, 11) is 0. The van der Waals surface area contributed by atoms with Crippen molar-refractivity contribution in [3.8, 4) is 5.75 Å². The smallest absolute Gasteiger partial charge is 0.131 e. The van der Waals surface area contributed by atoms with Gasteiger partial charge in [-0.25, -0.2) is 4.39 Å². The molecule has 2 aromatic rings. The van der Waals surface area contributed by atoms with Crippen molar-refractivity contribution in [3.63, 3.8) is 0 Å². The van der Waals surface area contributed by atoms with E-state index in [4.69, 9.17) is 21.4 Å². The average molecular weight is 346 g/mol. The van der Waals surface area contributed by atoms with Crippen molar-refractivity contribution in [3.05, 3.63) is 62.8 Å². The van der Waals surface area contributed by atoms with Gasteiger partial charge in [0.1, 0.15) is 18.2 Å². The van der Waals surface area contributed by atoms with Gasteiger partial charge in [0.25, 0.3) is 0 Å². The number of ether oxygens (including phenoxy) is 1. The molecule has 100 valence electrons. The molecule has 0 aromatic heterocycles. The van der Waals surface area contributed by atoms with Gasteiger partial charge in [0.15, 0.2) is 0 Å². The molecule has 2 aromatic carbocycles. The second-order valence-corrected chi connectivity index (χ2v) is 5.23. The Balaban J connectivity index is 2.10. The average Bonchev–Trinajstić information content (AvgIpc) is 2.39. The first-order valence-corrected chi connectivity index (χ1v) is 6.73. The molecule has 0 aliphatic rings. The lowest BCUT2D eigenvalue weighted by molar-refractivity contribution is 0.276. The molecular weight excluding hydrogens is 335 g/mol. The monoisotopic (exact) mass is 344 g/mol. The van der Waals surface area contributed by atoms with Gasteiger partial charge in [-0.15, -0.1) is 0 Å². The van der Waals surface area contributed by atoms with E-state index in [0.29, 0.717) is 21.9 Å². The van der Waals surface area contributed by atoms with E-state index in [1.54, 1.807) is 30.3 Å². The molecule has 0 fully saturated rings. The number of rotatable bonds is 4. The van der Waals surface area contributed by atoms with Crippen molar-refractivity contribution in [1.82, 2.24) is 0 Å². The Morgan fingerprint density at radius 3 is 2.63 bits per heavy atom. The summed E-state index contributed by atoms with van der Waals surface area (Å²) in [5.74, 6) is 0.175. The fraction of sp³-hybridized carbons (Fsp3) is 0.143. The summed E-state index contributed by atoms with van der Waals surface area (Å²) in [6.07, 6.45) is 0. The highest BCUT2D eigenvalue weighted by Crippen LogP contribution is 2.24. The lowest BCUT2D eigenvalue weighted by Gasteiger charge is -2.09. The molecule has 0 heterocycles. The standard InChI is InChI=1S/C14H11BrClFO2/c15-13-4-3-12(5-10(13)7-18)19-8-9-1-2-11(16)6-14(9)17/h1-6,18H,7-8H2. The van der Waals surface area contributed by atoms with Crippen LogP contribution in [-0.4, -0.2) is 5.11 Å². The van der Waals surface area contributed by atoms with Crippen LogP contribution in [0.1, 0.15) is 11.1 Å². The summed E-state index contributed by atoms with van der Waals surface area (Å²) >= 11 is 8.99. The summed E-state index contributed by atoms with van der Waals surface area (Å²) in [5, 5.41) is 9.50. The van der Waals surface area contributed by atoms with Crippen molar-refractivity contribution in [2.75, 3.05) is 0 Å². The van der Waals surface area contributed by atoms with E-state index in [9.17, 15) is 4.39 Å². The van der Waals surface area contributed by atoms with Crippen LogP contribution in [0.25, 0.3) is 0 Å². The van der Waals surface area contributed by atoms with Gasteiger partial charge in [-0.1, -0.05) is 33.6 Å². The number of aliphatic hydroxyl groups excluding tert-OH is 1. The predicted molar refractivity (Wildman–Crippen MR) is 75.8 cm³/mol. The number of hydrogen-bond acceptors (Lipinski definition) is 2. The van der Waals surface area contributed by atoms with Gasteiger partial charge in [0.2, 0.25) is 0 Å². The Kier molecular flexibility index (Phi) is 4.80. The normalized spacial score (nSPS) is 10.5. The molecule has 0 saturated heterocycles. The molecule has 0 aliphatic carbocycles. The number of halogens is 3. The number of hydrogen-bond donors (Lipinski definition) is 1. The third kappa shape index (κ3) is 3.69. The minimum atomic E-state index is -0.396. The highest BCUT2D eigenvalue weighted by Gasteiger charge is 2.05. The van der Waals surface area contributed by atoms with Crippen molar-refractivity contribution < 1.29 is 14.2 Å². The first-order valence-electron chi connectivity index (χ1n) is 5.56. The highest BCUT2D eigenvalue weighted by atomic mass is 79.9.